The standard InChI is InChI=1S/C23H21N3O4S/c1-23(2)11-15-20(31-16-10-6-5-9-14(16)25-15)18(27)17(23)19(28)22(30)26-13-8-4-3-7-12(13)21(24)29/h3-10,17,25H,11H2,1-2H3,(H2,24,29)(H,26,30)/t17-/m1/s1. The molecule has 1 atom stereocenters. The quantitative estimate of drug-likeness (QED) is 0.501. The van der Waals surface area contributed by atoms with Crippen LogP contribution in [0.3, 0.4) is 0 Å². The Morgan fingerprint density at radius 2 is 1.77 bits per heavy atom. The lowest BCUT2D eigenvalue weighted by atomic mass is 9.67. The summed E-state index contributed by atoms with van der Waals surface area (Å²) in [6, 6.07) is 13.8. The normalized spacial score (nSPS) is 19.0. The van der Waals surface area contributed by atoms with E-state index in [1.54, 1.807) is 26.0 Å². The van der Waals surface area contributed by atoms with Crippen molar-refractivity contribution < 1.29 is 19.2 Å². The minimum absolute atomic E-state index is 0.0894. The molecule has 0 radical (unpaired) electrons. The number of ketones is 2. The zero-order chi connectivity index (χ0) is 22.3. The van der Waals surface area contributed by atoms with E-state index in [4.69, 9.17) is 5.73 Å². The lowest BCUT2D eigenvalue weighted by Crippen LogP contribution is -2.47. The zero-order valence-corrected chi connectivity index (χ0v) is 17.8. The average Bonchev–Trinajstić information content (AvgIpc) is 2.72. The minimum atomic E-state index is -1.13. The van der Waals surface area contributed by atoms with Gasteiger partial charge in [-0.1, -0.05) is 49.9 Å². The number of nitrogens with two attached hydrogens (primary N) is 1. The smallest absolute Gasteiger partial charge is 0.292 e. The number of benzene rings is 2. The van der Waals surface area contributed by atoms with Gasteiger partial charge in [0.25, 0.3) is 11.8 Å². The highest BCUT2D eigenvalue weighted by Crippen LogP contribution is 2.50. The molecule has 4 N–H and O–H groups in total. The number of anilines is 2. The van der Waals surface area contributed by atoms with Gasteiger partial charge in [-0.2, -0.15) is 0 Å². The molecule has 1 aliphatic carbocycles. The van der Waals surface area contributed by atoms with Crippen LogP contribution in [0.25, 0.3) is 0 Å². The predicted octanol–water partition coefficient (Wildman–Crippen LogP) is 3.34. The first kappa shape index (κ1) is 20.9. The maximum Gasteiger partial charge on any atom is 0.292 e. The number of hydrogen-bond donors (Lipinski definition) is 3. The van der Waals surface area contributed by atoms with E-state index < -0.39 is 28.9 Å². The summed E-state index contributed by atoms with van der Waals surface area (Å²) in [7, 11) is 0. The van der Waals surface area contributed by atoms with Gasteiger partial charge in [0.05, 0.1) is 27.8 Å². The molecule has 1 aliphatic heterocycles. The second-order valence-electron chi connectivity index (χ2n) is 8.22. The molecule has 8 heteroatoms. The number of primary amides is 1. The van der Waals surface area contributed by atoms with Gasteiger partial charge in [0.15, 0.2) is 5.78 Å². The molecule has 0 saturated heterocycles. The van der Waals surface area contributed by atoms with Crippen LogP contribution in [0, 0.1) is 11.3 Å². The molecule has 0 saturated carbocycles. The Bertz CT molecular complexity index is 1170. The van der Waals surface area contributed by atoms with E-state index >= 15 is 0 Å². The summed E-state index contributed by atoms with van der Waals surface area (Å²) in [5, 5.41) is 5.76. The largest absolute Gasteiger partial charge is 0.366 e. The number of hydrogen-bond acceptors (Lipinski definition) is 6. The molecule has 0 bridgehead atoms. The monoisotopic (exact) mass is 435 g/mol. The van der Waals surface area contributed by atoms with Crippen molar-refractivity contribution in [3.8, 4) is 0 Å². The van der Waals surface area contributed by atoms with E-state index in [9.17, 15) is 19.2 Å². The molecule has 0 spiro atoms. The van der Waals surface area contributed by atoms with E-state index in [2.05, 4.69) is 10.6 Å². The molecule has 2 amide bonds. The molecule has 7 nitrogen and oxygen atoms in total. The maximum atomic E-state index is 13.4. The molecular formula is C23H21N3O4S. The Hall–Kier alpha value is -3.39. The van der Waals surface area contributed by atoms with E-state index in [1.165, 1.54) is 23.9 Å². The third-order valence-corrected chi connectivity index (χ3v) is 6.71. The van der Waals surface area contributed by atoms with Crippen LogP contribution in [-0.4, -0.2) is 23.4 Å². The Morgan fingerprint density at radius 3 is 2.52 bits per heavy atom. The summed E-state index contributed by atoms with van der Waals surface area (Å²) in [6.45, 7) is 3.60. The van der Waals surface area contributed by atoms with Crippen molar-refractivity contribution in [1.82, 2.24) is 0 Å². The number of carbonyl (C=O) groups is 4. The van der Waals surface area contributed by atoms with Crippen molar-refractivity contribution in [3.63, 3.8) is 0 Å². The second kappa shape index (κ2) is 7.70. The molecule has 2 aliphatic rings. The van der Waals surface area contributed by atoms with Gasteiger partial charge in [0.1, 0.15) is 0 Å². The molecule has 0 aromatic heterocycles. The summed E-state index contributed by atoms with van der Waals surface area (Å²) in [5.41, 5.74) is 6.48. The third kappa shape index (κ3) is 3.74. The van der Waals surface area contributed by atoms with E-state index in [-0.39, 0.29) is 17.0 Å². The number of allylic oxidation sites excluding steroid dienone is 2. The van der Waals surface area contributed by atoms with Crippen LogP contribution in [-0.2, 0) is 14.4 Å². The van der Waals surface area contributed by atoms with Gasteiger partial charge in [-0.25, -0.2) is 0 Å². The number of para-hydroxylation sites is 2. The average molecular weight is 436 g/mol. The van der Waals surface area contributed by atoms with Gasteiger partial charge in [-0.15, -0.1) is 0 Å². The molecule has 2 aromatic carbocycles. The van der Waals surface area contributed by atoms with Gasteiger partial charge in [0, 0.05) is 10.6 Å². The van der Waals surface area contributed by atoms with Gasteiger partial charge >= 0.3 is 0 Å². The topological polar surface area (TPSA) is 118 Å². The summed E-state index contributed by atoms with van der Waals surface area (Å²) in [6.07, 6.45) is 0.441. The van der Waals surface area contributed by atoms with Crippen LogP contribution in [0.2, 0.25) is 0 Å². The molecule has 158 valence electrons. The highest BCUT2D eigenvalue weighted by atomic mass is 32.2. The third-order valence-electron chi connectivity index (χ3n) is 5.49. The SMILES string of the molecule is CC1(C)CC2=C(Sc3ccccc3N2)C(=O)[C@@H]1C(=O)C(=O)Nc1ccccc1C(N)=O. The second-order valence-corrected chi connectivity index (χ2v) is 9.27. The Balaban J connectivity index is 1.62. The number of thioether (sulfide) groups is 1. The van der Waals surface area contributed by atoms with Crippen molar-refractivity contribution >= 4 is 46.5 Å². The van der Waals surface area contributed by atoms with Crippen LogP contribution >= 0.6 is 11.8 Å². The Labute approximate surface area is 183 Å². The number of fused-ring (bicyclic) bond motifs is 1. The molecule has 31 heavy (non-hydrogen) atoms. The van der Waals surface area contributed by atoms with Crippen LogP contribution < -0.4 is 16.4 Å². The van der Waals surface area contributed by atoms with Gasteiger partial charge in [-0.3, -0.25) is 19.2 Å². The summed E-state index contributed by atoms with van der Waals surface area (Å²) >= 11 is 1.32. The number of amides is 2. The Morgan fingerprint density at radius 1 is 1.10 bits per heavy atom. The van der Waals surface area contributed by atoms with Crippen LogP contribution in [0.15, 0.2) is 64.0 Å². The number of Topliss-reactive ketones (excluding diaryl/α,β-unsaturated/α-hetero) is 2. The van der Waals surface area contributed by atoms with Crippen molar-refractivity contribution in [2.75, 3.05) is 10.6 Å². The fourth-order valence-electron chi connectivity index (χ4n) is 4.01. The van der Waals surface area contributed by atoms with Gasteiger partial charge in [-0.05, 0) is 36.1 Å². The highest BCUT2D eigenvalue weighted by Gasteiger charge is 2.49. The first-order valence-corrected chi connectivity index (χ1v) is 10.6. The van der Waals surface area contributed by atoms with Crippen molar-refractivity contribution in [2.45, 2.75) is 25.2 Å². The number of rotatable bonds is 4. The lowest BCUT2D eigenvalue weighted by molar-refractivity contribution is -0.144. The molecule has 2 aromatic rings. The minimum Gasteiger partial charge on any atom is -0.366 e. The van der Waals surface area contributed by atoms with Crippen molar-refractivity contribution in [3.05, 3.63) is 64.7 Å². The maximum absolute atomic E-state index is 13.4. The highest BCUT2D eigenvalue weighted by molar-refractivity contribution is 8.04. The Kier molecular flexibility index (Phi) is 5.18. The summed E-state index contributed by atoms with van der Waals surface area (Å²) < 4.78 is 0. The van der Waals surface area contributed by atoms with Crippen molar-refractivity contribution in [1.29, 1.82) is 0 Å². The molecule has 4 rings (SSSR count). The molecular weight excluding hydrogens is 414 g/mol. The molecule has 1 heterocycles. The lowest BCUT2D eigenvalue weighted by Gasteiger charge is -2.40. The fraction of sp³-hybridized carbons (Fsp3) is 0.217. The van der Waals surface area contributed by atoms with E-state index in [0.717, 1.165) is 16.3 Å². The first-order chi connectivity index (χ1) is 14.7. The summed E-state index contributed by atoms with van der Waals surface area (Å²) in [5.74, 6) is -4.01. The van der Waals surface area contributed by atoms with E-state index in [0.29, 0.717) is 11.3 Å². The van der Waals surface area contributed by atoms with E-state index in [1.807, 2.05) is 24.3 Å². The van der Waals surface area contributed by atoms with Crippen LogP contribution in [0.5, 0.6) is 0 Å². The van der Waals surface area contributed by atoms with Gasteiger partial charge in [0.2, 0.25) is 5.78 Å². The van der Waals surface area contributed by atoms with Crippen molar-refractivity contribution in [2.24, 2.45) is 17.1 Å². The van der Waals surface area contributed by atoms with Gasteiger partial charge < -0.3 is 16.4 Å². The van der Waals surface area contributed by atoms with Crippen LogP contribution in [0.1, 0.15) is 30.6 Å². The molecule has 0 unspecified atom stereocenters. The number of carbonyl (C=O) groups excluding carboxylic acids is 4. The van der Waals surface area contributed by atoms with Crippen LogP contribution in [0.4, 0.5) is 11.4 Å². The summed E-state index contributed by atoms with van der Waals surface area (Å²) in [4.78, 5) is 52.2. The predicted molar refractivity (Wildman–Crippen MR) is 118 cm³/mol. The first-order valence-electron chi connectivity index (χ1n) is 9.74. The number of nitrogens with one attached hydrogen (secondary N) is 2. The fourth-order valence-corrected chi connectivity index (χ4v) is 5.07. The molecule has 0 fully saturated rings. The zero-order valence-electron chi connectivity index (χ0n) is 17.0.